The molecule has 0 unspecified atom stereocenters. The zero-order chi connectivity index (χ0) is 12.0. The van der Waals surface area contributed by atoms with E-state index in [2.05, 4.69) is 25.8 Å². The second-order valence-corrected chi connectivity index (χ2v) is 4.73. The van der Waals surface area contributed by atoms with Gasteiger partial charge in [-0.05, 0) is 29.7 Å². The Morgan fingerprint density at radius 3 is 2.44 bits per heavy atom. The van der Waals surface area contributed by atoms with Crippen LogP contribution in [0.5, 0.6) is 5.75 Å². The minimum Gasteiger partial charge on any atom is -0.493 e. The van der Waals surface area contributed by atoms with Crippen molar-refractivity contribution in [2.24, 2.45) is 10.4 Å². The lowest BCUT2D eigenvalue weighted by Crippen LogP contribution is -2.16. The number of aliphatic imine (C=N–C) groups is 1. The first-order valence-electron chi connectivity index (χ1n) is 5.16. The lowest BCUT2D eigenvalue weighted by Gasteiger charge is -2.18. The van der Waals surface area contributed by atoms with Crippen molar-refractivity contribution in [3.63, 3.8) is 0 Å². The molecule has 16 heavy (non-hydrogen) atoms. The zero-order valence-corrected chi connectivity index (χ0v) is 9.90. The van der Waals surface area contributed by atoms with Crippen LogP contribution in [-0.4, -0.2) is 18.2 Å². The van der Waals surface area contributed by atoms with Gasteiger partial charge in [-0.3, -0.25) is 10.7 Å². The maximum absolute atomic E-state index is 8.33. The molecular formula is C12H18N2O2. The van der Waals surface area contributed by atoms with Crippen LogP contribution in [0.4, 0.5) is 5.69 Å². The molecule has 4 heteroatoms. The van der Waals surface area contributed by atoms with Gasteiger partial charge in [0.25, 0.3) is 0 Å². The molecule has 2 N–H and O–H groups in total. The van der Waals surface area contributed by atoms with Crippen molar-refractivity contribution in [2.45, 2.75) is 20.8 Å². The highest BCUT2D eigenvalue weighted by atomic mass is 16.5. The van der Waals surface area contributed by atoms with Gasteiger partial charge in [-0.15, -0.1) is 0 Å². The molecule has 0 saturated carbocycles. The van der Waals surface area contributed by atoms with Gasteiger partial charge in [-0.25, -0.2) is 4.99 Å². The second-order valence-electron chi connectivity index (χ2n) is 4.73. The molecular weight excluding hydrogens is 204 g/mol. The smallest absolute Gasteiger partial charge is 0.119 e. The summed E-state index contributed by atoms with van der Waals surface area (Å²) in [6, 6.07) is 7.36. The molecule has 0 spiro atoms. The standard InChI is InChI=1S/C12H18N2O2/c1-12(2,3)8-16-11-6-4-10(5-7-11)13-9-14-15/h4-7,9,15H,8H2,1-3H3,(H,13,14). The molecule has 0 saturated heterocycles. The highest BCUT2D eigenvalue weighted by Gasteiger charge is 2.10. The molecule has 1 aromatic rings. The molecule has 0 aliphatic carbocycles. The van der Waals surface area contributed by atoms with Gasteiger partial charge in [-0.1, -0.05) is 20.8 Å². The van der Waals surface area contributed by atoms with Crippen molar-refractivity contribution < 1.29 is 9.94 Å². The molecule has 0 amide bonds. The Kier molecular flexibility index (Phi) is 4.31. The summed E-state index contributed by atoms with van der Waals surface area (Å²) in [7, 11) is 0. The predicted octanol–water partition coefficient (Wildman–Crippen LogP) is 2.75. The largest absolute Gasteiger partial charge is 0.493 e. The Bertz CT molecular complexity index is 339. The summed E-state index contributed by atoms with van der Waals surface area (Å²) in [6.45, 7) is 7.05. The van der Waals surface area contributed by atoms with E-state index in [1.807, 2.05) is 29.7 Å². The maximum atomic E-state index is 8.33. The number of rotatable bonds is 4. The Balaban J connectivity index is 2.55. The summed E-state index contributed by atoms with van der Waals surface area (Å²) in [6.07, 6.45) is 1.21. The topological polar surface area (TPSA) is 53.8 Å². The quantitative estimate of drug-likeness (QED) is 0.468. The Hall–Kier alpha value is -1.55. The SMILES string of the molecule is CC(C)(C)COc1ccc(N=CNO)cc1. The minimum absolute atomic E-state index is 0.150. The van der Waals surface area contributed by atoms with E-state index < -0.39 is 0 Å². The van der Waals surface area contributed by atoms with Crippen LogP contribution < -0.4 is 10.2 Å². The van der Waals surface area contributed by atoms with Gasteiger partial charge in [0.1, 0.15) is 12.1 Å². The summed E-state index contributed by atoms with van der Waals surface area (Å²) < 4.78 is 5.61. The molecule has 4 nitrogen and oxygen atoms in total. The van der Waals surface area contributed by atoms with Gasteiger partial charge >= 0.3 is 0 Å². The van der Waals surface area contributed by atoms with Gasteiger partial charge < -0.3 is 4.74 Å². The van der Waals surface area contributed by atoms with Gasteiger partial charge in [-0.2, -0.15) is 0 Å². The molecule has 88 valence electrons. The second kappa shape index (κ2) is 5.51. The normalized spacial score (nSPS) is 11.8. The Morgan fingerprint density at radius 1 is 1.31 bits per heavy atom. The van der Waals surface area contributed by atoms with Crippen molar-refractivity contribution >= 4 is 12.0 Å². The van der Waals surface area contributed by atoms with E-state index in [0.717, 1.165) is 11.4 Å². The fraction of sp³-hybridized carbons (Fsp3) is 0.417. The van der Waals surface area contributed by atoms with Crippen molar-refractivity contribution in [3.8, 4) is 5.75 Å². The van der Waals surface area contributed by atoms with Crippen molar-refractivity contribution in [3.05, 3.63) is 24.3 Å². The lowest BCUT2D eigenvalue weighted by atomic mass is 9.99. The van der Waals surface area contributed by atoms with Gasteiger partial charge in [0, 0.05) is 0 Å². The van der Waals surface area contributed by atoms with Gasteiger partial charge in [0.05, 0.1) is 12.3 Å². The average Bonchev–Trinajstić information content (AvgIpc) is 2.24. The van der Waals surface area contributed by atoms with E-state index in [4.69, 9.17) is 9.94 Å². The summed E-state index contributed by atoms with van der Waals surface area (Å²) >= 11 is 0. The van der Waals surface area contributed by atoms with Crippen molar-refractivity contribution in [2.75, 3.05) is 6.61 Å². The highest BCUT2D eigenvalue weighted by molar-refractivity contribution is 5.59. The Labute approximate surface area is 95.9 Å². The average molecular weight is 222 g/mol. The molecule has 0 atom stereocenters. The van der Waals surface area contributed by atoms with Crippen LogP contribution >= 0.6 is 0 Å². The van der Waals surface area contributed by atoms with Crippen LogP contribution in [0, 0.1) is 5.41 Å². The number of nitrogens with zero attached hydrogens (tertiary/aromatic N) is 1. The molecule has 0 aliphatic rings. The fourth-order valence-corrected chi connectivity index (χ4v) is 1.03. The first-order chi connectivity index (χ1) is 7.51. The molecule has 1 rings (SSSR count). The first-order valence-corrected chi connectivity index (χ1v) is 5.16. The van der Waals surface area contributed by atoms with E-state index in [0.29, 0.717) is 6.61 Å². The number of benzene rings is 1. The minimum atomic E-state index is 0.150. The molecule has 0 aromatic heterocycles. The van der Waals surface area contributed by atoms with Crippen LogP contribution in [0.3, 0.4) is 0 Å². The van der Waals surface area contributed by atoms with Crippen LogP contribution in [0.2, 0.25) is 0 Å². The third-order valence-electron chi connectivity index (χ3n) is 1.78. The summed E-state index contributed by atoms with van der Waals surface area (Å²) in [5.41, 5.74) is 2.76. The van der Waals surface area contributed by atoms with Crippen LogP contribution in [-0.2, 0) is 0 Å². The third-order valence-corrected chi connectivity index (χ3v) is 1.78. The van der Waals surface area contributed by atoms with E-state index in [9.17, 15) is 0 Å². The van der Waals surface area contributed by atoms with Gasteiger partial charge in [0.2, 0.25) is 0 Å². The third kappa shape index (κ3) is 4.79. The summed E-state index contributed by atoms with van der Waals surface area (Å²) in [4.78, 5) is 3.93. The number of hydrogen-bond donors (Lipinski definition) is 2. The fourth-order valence-electron chi connectivity index (χ4n) is 1.03. The molecule has 0 aliphatic heterocycles. The van der Waals surface area contributed by atoms with Crippen molar-refractivity contribution in [1.82, 2.24) is 5.48 Å². The maximum Gasteiger partial charge on any atom is 0.119 e. The summed E-state index contributed by atoms with van der Waals surface area (Å²) in [5, 5.41) is 8.33. The molecule has 0 heterocycles. The molecule has 0 bridgehead atoms. The van der Waals surface area contributed by atoms with E-state index in [1.165, 1.54) is 6.34 Å². The molecule has 1 aromatic carbocycles. The number of hydrogen-bond acceptors (Lipinski definition) is 3. The number of ether oxygens (including phenoxy) is 1. The number of nitrogens with one attached hydrogen (secondary N) is 1. The van der Waals surface area contributed by atoms with Crippen LogP contribution in [0.15, 0.2) is 29.3 Å². The lowest BCUT2D eigenvalue weighted by molar-refractivity contribution is 0.198. The monoisotopic (exact) mass is 222 g/mol. The van der Waals surface area contributed by atoms with E-state index >= 15 is 0 Å². The van der Waals surface area contributed by atoms with E-state index in [-0.39, 0.29) is 5.41 Å². The zero-order valence-electron chi connectivity index (χ0n) is 9.90. The van der Waals surface area contributed by atoms with Gasteiger partial charge in [0.15, 0.2) is 0 Å². The number of hydroxylamine groups is 1. The molecule has 0 radical (unpaired) electrons. The van der Waals surface area contributed by atoms with E-state index in [1.54, 1.807) is 0 Å². The van der Waals surface area contributed by atoms with Crippen molar-refractivity contribution in [1.29, 1.82) is 0 Å². The Morgan fingerprint density at radius 2 is 1.94 bits per heavy atom. The summed E-state index contributed by atoms with van der Waals surface area (Å²) in [5.74, 6) is 0.825. The predicted molar refractivity (Wildman–Crippen MR) is 64.5 cm³/mol. The molecule has 0 fully saturated rings. The first kappa shape index (κ1) is 12.5. The van der Waals surface area contributed by atoms with Crippen LogP contribution in [0.25, 0.3) is 0 Å². The van der Waals surface area contributed by atoms with Crippen LogP contribution in [0.1, 0.15) is 20.8 Å². The highest BCUT2D eigenvalue weighted by Crippen LogP contribution is 2.20.